The first-order valence-electron chi connectivity index (χ1n) is 4.61. The van der Waals surface area contributed by atoms with Crippen LogP contribution in [0.3, 0.4) is 0 Å². The van der Waals surface area contributed by atoms with Crippen molar-refractivity contribution < 1.29 is 0 Å². The molecule has 0 aromatic carbocycles. The fourth-order valence-corrected chi connectivity index (χ4v) is 1.12. The largest absolute Gasteiger partial charge is 0.365 e. The summed E-state index contributed by atoms with van der Waals surface area (Å²) in [6, 6.07) is 4.15. The first-order chi connectivity index (χ1) is 6.33. The predicted molar refractivity (Wildman–Crippen MR) is 54.4 cm³/mol. The van der Waals surface area contributed by atoms with Gasteiger partial charge in [0.2, 0.25) is 0 Å². The monoisotopic (exact) mass is 182 g/mol. The number of hydrogen-bond donors (Lipinski definition) is 4. The van der Waals surface area contributed by atoms with Crippen LogP contribution in [-0.4, -0.2) is 30.7 Å². The van der Waals surface area contributed by atoms with E-state index in [9.17, 15) is 0 Å². The van der Waals surface area contributed by atoms with Crippen molar-refractivity contribution in [1.82, 2.24) is 10.3 Å². The zero-order valence-corrected chi connectivity index (χ0v) is 7.79. The minimum atomic E-state index is 0.0728. The molecule has 0 saturated carbocycles. The molecule has 74 valence electrons. The molecule has 0 fully saturated rings. The van der Waals surface area contributed by atoms with E-state index in [4.69, 9.17) is 11.5 Å². The van der Waals surface area contributed by atoms with Gasteiger partial charge in [0, 0.05) is 37.6 Å². The second-order valence-corrected chi connectivity index (χ2v) is 3.15. The topological polar surface area (TPSA) is 79.9 Å². The van der Waals surface area contributed by atoms with Crippen LogP contribution in [-0.2, 0) is 6.42 Å². The van der Waals surface area contributed by atoms with Crippen molar-refractivity contribution in [2.45, 2.75) is 12.5 Å². The Labute approximate surface area is 78.7 Å². The van der Waals surface area contributed by atoms with Gasteiger partial charge in [0.05, 0.1) is 0 Å². The molecule has 0 aliphatic heterocycles. The number of nitrogens with one attached hydrogen (secondary N) is 2. The summed E-state index contributed by atoms with van der Waals surface area (Å²) < 4.78 is 0. The maximum absolute atomic E-state index is 5.64. The summed E-state index contributed by atoms with van der Waals surface area (Å²) in [4.78, 5) is 3.14. The molecule has 1 rings (SSSR count). The van der Waals surface area contributed by atoms with Crippen molar-refractivity contribution in [3.05, 3.63) is 24.0 Å². The Morgan fingerprint density at radius 2 is 2.38 bits per heavy atom. The van der Waals surface area contributed by atoms with Gasteiger partial charge in [-0.1, -0.05) is 0 Å². The molecule has 13 heavy (non-hydrogen) atoms. The van der Waals surface area contributed by atoms with Crippen molar-refractivity contribution in [3.63, 3.8) is 0 Å². The Morgan fingerprint density at radius 1 is 1.54 bits per heavy atom. The van der Waals surface area contributed by atoms with Crippen molar-refractivity contribution in [3.8, 4) is 0 Å². The van der Waals surface area contributed by atoms with E-state index in [0.717, 1.165) is 19.5 Å². The molecule has 6 N–H and O–H groups in total. The third kappa shape index (κ3) is 4.07. The van der Waals surface area contributed by atoms with Crippen LogP contribution in [0, 0.1) is 0 Å². The fraction of sp³-hybridized carbons (Fsp3) is 0.556. The summed E-state index contributed by atoms with van der Waals surface area (Å²) in [5, 5.41) is 3.25. The van der Waals surface area contributed by atoms with Crippen LogP contribution < -0.4 is 16.8 Å². The van der Waals surface area contributed by atoms with Crippen LogP contribution in [0.25, 0.3) is 0 Å². The predicted octanol–water partition coefficient (Wildman–Crippen LogP) is -0.567. The number of nitrogens with two attached hydrogens (primary N) is 2. The van der Waals surface area contributed by atoms with E-state index in [1.54, 1.807) is 0 Å². The smallest absolute Gasteiger partial charge is 0.0290 e. The van der Waals surface area contributed by atoms with Crippen LogP contribution >= 0.6 is 0 Å². The second-order valence-electron chi connectivity index (χ2n) is 3.15. The van der Waals surface area contributed by atoms with Crippen molar-refractivity contribution in [2.75, 3.05) is 19.6 Å². The van der Waals surface area contributed by atoms with Crippen LogP contribution in [0.1, 0.15) is 5.69 Å². The number of aromatic amines is 1. The lowest BCUT2D eigenvalue weighted by Crippen LogP contribution is -2.40. The van der Waals surface area contributed by atoms with Crippen LogP contribution in [0.4, 0.5) is 0 Å². The zero-order chi connectivity index (χ0) is 9.52. The van der Waals surface area contributed by atoms with Gasteiger partial charge in [0.25, 0.3) is 0 Å². The Morgan fingerprint density at radius 3 is 3.00 bits per heavy atom. The number of aromatic nitrogens is 1. The summed E-state index contributed by atoms with van der Waals surface area (Å²) in [5.74, 6) is 0. The Bertz CT molecular complexity index is 207. The molecule has 1 aromatic heterocycles. The second kappa shape index (κ2) is 5.75. The molecule has 4 heteroatoms. The molecule has 0 bridgehead atoms. The normalized spacial score (nSPS) is 13.1. The molecule has 0 saturated heterocycles. The molecule has 1 heterocycles. The average molecular weight is 182 g/mol. The van der Waals surface area contributed by atoms with E-state index in [-0.39, 0.29) is 6.04 Å². The summed E-state index contributed by atoms with van der Waals surface area (Å²) in [5.41, 5.74) is 12.3. The first-order valence-corrected chi connectivity index (χ1v) is 4.61. The SMILES string of the molecule is NCC(N)CNCCc1ccc[nH]1. The van der Waals surface area contributed by atoms with Crippen LogP contribution in [0.5, 0.6) is 0 Å². The third-order valence-corrected chi connectivity index (χ3v) is 1.94. The minimum absolute atomic E-state index is 0.0728. The molecular formula is C9H18N4. The quantitative estimate of drug-likeness (QED) is 0.445. The van der Waals surface area contributed by atoms with Gasteiger partial charge in [-0.15, -0.1) is 0 Å². The molecule has 0 spiro atoms. The van der Waals surface area contributed by atoms with Crippen molar-refractivity contribution in [2.24, 2.45) is 11.5 Å². The summed E-state index contributed by atoms with van der Waals surface area (Å²) in [6.45, 7) is 2.26. The molecule has 1 atom stereocenters. The molecule has 0 aliphatic rings. The Hall–Kier alpha value is -0.840. The van der Waals surface area contributed by atoms with E-state index < -0.39 is 0 Å². The third-order valence-electron chi connectivity index (χ3n) is 1.94. The standard InChI is InChI=1S/C9H18N4/c10-6-8(11)7-12-5-3-9-2-1-4-13-9/h1-2,4,8,12-13H,3,5-7,10-11H2. The summed E-state index contributed by atoms with van der Waals surface area (Å²) >= 11 is 0. The molecule has 0 aliphatic carbocycles. The van der Waals surface area contributed by atoms with E-state index in [1.807, 2.05) is 12.3 Å². The lowest BCUT2D eigenvalue weighted by atomic mass is 10.3. The minimum Gasteiger partial charge on any atom is -0.365 e. The average Bonchev–Trinajstić information content (AvgIpc) is 2.64. The van der Waals surface area contributed by atoms with Gasteiger partial charge in [0.1, 0.15) is 0 Å². The molecular weight excluding hydrogens is 164 g/mol. The van der Waals surface area contributed by atoms with Gasteiger partial charge in [-0.3, -0.25) is 0 Å². The Balaban J connectivity index is 2.02. The van der Waals surface area contributed by atoms with Crippen LogP contribution in [0.2, 0.25) is 0 Å². The van der Waals surface area contributed by atoms with Gasteiger partial charge in [-0.25, -0.2) is 0 Å². The molecule has 0 radical (unpaired) electrons. The van der Waals surface area contributed by atoms with E-state index in [0.29, 0.717) is 6.54 Å². The highest BCUT2D eigenvalue weighted by Gasteiger charge is 1.97. The number of hydrogen-bond acceptors (Lipinski definition) is 3. The molecule has 0 amide bonds. The van der Waals surface area contributed by atoms with Crippen LogP contribution in [0.15, 0.2) is 18.3 Å². The highest BCUT2D eigenvalue weighted by atomic mass is 14.9. The lowest BCUT2D eigenvalue weighted by Gasteiger charge is -2.09. The fourth-order valence-electron chi connectivity index (χ4n) is 1.12. The molecule has 1 aromatic rings. The maximum Gasteiger partial charge on any atom is 0.0290 e. The van der Waals surface area contributed by atoms with E-state index in [2.05, 4.69) is 16.4 Å². The van der Waals surface area contributed by atoms with Gasteiger partial charge in [0.15, 0.2) is 0 Å². The Kier molecular flexibility index (Phi) is 4.53. The molecule has 1 unspecified atom stereocenters. The highest BCUT2D eigenvalue weighted by molar-refractivity contribution is 5.03. The zero-order valence-electron chi connectivity index (χ0n) is 7.79. The van der Waals surface area contributed by atoms with Gasteiger partial charge < -0.3 is 21.8 Å². The highest BCUT2D eigenvalue weighted by Crippen LogP contribution is 1.93. The summed E-state index contributed by atoms with van der Waals surface area (Å²) in [6.07, 6.45) is 2.94. The van der Waals surface area contributed by atoms with Crippen molar-refractivity contribution >= 4 is 0 Å². The van der Waals surface area contributed by atoms with E-state index >= 15 is 0 Å². The first kappa shape index (κ1) is 10.2. The maximum atomic E-state index is 5.64. The van der Waals surface area contributed by atoms with Gasteiger partial charge in [-0.05, 0) is 18.6 Å². The number of H-pyrrole nitrogens is 1. The number of rotatable bonds is 6. The van der Waals surface area contributed by atoms with E-state index in [1.165, 1.54) is 5.69 Å². The summed E-state index contributed by atoms with van der Waals surface area (Å²) in [7, 11) is 0. The molecule has 4 nitrogen and oxygen atoms in total. The van der Waals surface area contributed by atoms with Crippen molar-refractivity contribution in [1.29, 1.82) is 0 Å². The lowest BCUT2D eigenvalue weighted by molar-refractivity contribution is 0.581. The van der Waals surface area contributed by atoms with Gasteiger partial charge in [-0.2, -0.15) is 0 Å². The van der Waals surface area contributed by atoms with Gasteiger partial charge >= 0.3 is 0 Å².